The standard InChI is InChI=1S/C12H25NO3S/c1-3-7-13-8-9-16-11-5-4-6-12(10-11)17(2,14)15/h11-13H,3-10H2,1-2H3. The van der Waals surface area contributed by atoms with Gasteiger partial charge in [-0.05, 0) is 38.6 Å². The average molecular weight is 263 g/mol. The number of hydrogen-bond donors (Lipinski definition) is 1. The van der Waals surface area contributed by atoms with Crippen LogP contribution in [0.5, 0.6) is 0 Å². The van der Waals surface area contributed by atoms with E-state index >= 15 is 0 Å². The molecule has 1 aliphatic carbocycles. The fourth-order valence-electron chi connectivity index (χ4n) is 2.24. The smallest absolute Gasteiger partial charge is 0.150 e. The van der Waals surface area contributed by atoms with Crippen LogP contribution < -0.4 is 5.32 Å². The first-order valence-corrected chi connectivity index (χ1v) is 8.50. The first-order chi connectivity index (χ1) is 8.04. The van der Waals surface area contributed by atoms with Crippen LogP contribution >= 0.6 is 0 Å². The lowest BCUT2D eigenvalue weighted by atomic mass is 9.97. The van der Waals surface area contributed by atoms with Gasteiger partial charge in [0.15, 0.2) is 0 Å². The number of sulfone groups is 1. The predicted molar refractivity (Wildman–Crippen MR) is 70.0 cm³/mol. The van der Waals surface area contributed by atoms with Gasteiger partial charge < -0.3 is 10.1 Å². The molecule has 5 heteroatoms. The van der Waals surface area contributed by atoms with Gasteiger partial charge in [0, 0.05) is 12.8 Å². The summed E-state index contributed by atoms with van der Waals surface area (Å²) >= 11 is 0. The third-order valence-electron chi connectivity index (χ3n) is 3.24. The minimum Gasteiger partial charge on any atom is -0.377 e. The summed E-state index contributed by atoms with van der Waals surface area (Å²) in [5, 5.41) is 3.08. The quantitative estimate of drug-likeness (QED) is 0.705. The highest BCUT2D eigenvalue weighted by atomic mass is 32.2. The van der Waals surface area contributed by atoms with Gasteiger partial charge >= 0.3 is 0 Å². The monoisotopic (exact) mass is 263 g/mol. The Morgan fingerprint density at radius 1 is 1.29 bits per heavy atom. The summed E-state index contributed by atoms with van der Waals surface area (Å²) in [5.41, 5.74) is 0. The first-order valence-electron chi connectivity index (χ1n) is 6.55. The Bertz CT molecular complexity index is 303. The van der Waals surface area contributed by atoms with Crippen molar-refractivity contribution in [3.63, 3.8) is 0 Å². The molecule has 1 saturated carbocycles. The Kier molecular flexibility index (Phi) is 6.44. The van der Waals surface area contributed by atoms with E-state index in [9.17, 15) is 8.42 Å². The third-order valence-corrected chi connectivity index (χ3v) is 4.88. The van der Waals surface area contributed by atoms with E-state index < -0.39 is 9.84 Å². The van der Waals surface area contributed by atoms with Crippen LogP contribution in [0.4, 0.5) is 0 Å². The van der Waals surface area contributed by atoms with Gasteiger partial charge in [-0.2, -0.15) is 0 Å². The second-order valence-electron chi connectivity index (χ2n) is 4.86. The van der Waals surface area contributed by atoms with Gasteiger partial charge in [0.25, 0.3) is 0 Å². The maximum absolute atomic E-state index is 11.5. The molecule has 0 aliphatic heterocycles. The summed E-state index contributed by atoms with van der Waals surface area (Å²) in [6, 6.07) is 0. The highest BCUT2D eigenvalue weighted by molar-refractivity contribution is 7.91. The van der Waals surface area contributed by atoms with Crippen molar-refractivity contribution in [3.8, 4) is 0 Å². The van der Waals surface area contributed by atoms with Gasteiger partial charge in [-0.3, -0.25) is 0 Å². The lowest BCUT2D eigenvalue weighted by Crippen LogP contribution is -2.33. The molecule has 0 aromatic rings. The Hall–Kier alpha value is -0.130. The molecule has 4 nitrogen and oxygen atoms in total. The molecule has 0 amide bonds. The second-order valence-corrected chi connectivity index (χ2v) is 7.19. The fraction of sp³-hybridized carbons (Fsp3) is 1.00. The van der Waals surface area contributed by atoms with Crippen LogP contribution in [-0.4, -0.2) is 45.7 Å². The van der Waals surface area contributed by atoms with E-state index in [4.69, 9.17) is 4.74 Å². The molecule has 17 heavy (non-hydrogen) atoms. The van der Waals surface area contributed by atoms with Gasteiger partial charge in [0.1, 0.15) is 9.84 Å². The van der Waals surface area contributed by atoms with Crippen LogP contribution in [-0.2, 0) is 14.6 Å². The Morgan fingerprint density at radius 2 is 2.06 bits per heavy atom. The van der Waals surface area contributed by atoms with Crippen LogP contribution in [0.15, 0.2) is 0 Å². The first kappa shape index (κ1) is 14.9. The number of rotatable bonds is 7. The Balaban J connectivity index is 2.21. The lowest BCUT2D eigenvalue weighted by Gasteiger charge is -2.28. The zero-order chi connectivity index (χ0) is 12.7. The van der Waals surface area contributed by atoms with Gasteiger partial charge in [0.2, 0.25) is 0 Å². The molecule has 0 heterocycles. The normalized spacial score (nSPS) is 26.0. The van der Waals surface area contributed by atoms with Gasteiger partial charge in [0.05, 0.1) is 18.0 Å². The number of hydrogen-bond acceptors (Lipinski definition) is 4. The second kappa shape index (κ2) is 7.34. The molecule has 2 atom stereocenters. The van der Waals surface area contributed by atoms with Crippen LogP contribution in [0.2, 0.25) is 0 Å². The van der Waals surface area contributed by atoms with Gasteiger partial charge in [-0.25, -0.2) is 8.42 Å². The number of nitrogens with one attached hydrogen (secondary N) is 1. The SMILES string of the molecule is CCCNCCOC1CCCC(S(C)(=O)=O)C1. The van der Waals surface area contributed by atoms with Crippen LogP contribution in [0, 0.1) is 0 Å². The Labute approximate surface area is 105 Å². The van der Waals surface area contributed by atoms with Crippen molar-refractivity contribution in [1.29, 1.82) is 0 Å². The average Bonchev–Trinajstić information content (AvgIpc) is 2.28. The van der Waals surface area contributed by atoms with E-state index in [-0.39, 0.29) is 11.4 Å². The summed E-state index contributed by atoms with van der Waals surface area (Å²) in [4.78, 5) is 0. The molecule has 0 radical (unpaired) electrons. The van der Waals surface area contributed by atoms with Gasteiger partial charge in [-0.15, -0.1) is 0 Å². The maximum atomic E-state index is 11.5. The molecule has 0 spiro atoms. The highest BCUT2D eigenvalue weighted by Gasteiger charge is 2.29. The topological polar surface area (TPSA) is 55.4 Å². The van der Waals surface area contributed by atoms with Crippen molar-refractivity contribution in [2.75, 3.05) is 26.0 Å². The lowest BCUT2D eigenvalue weighted by molar-refractivity contribution is 0.0313. The van der Waals surface area contributed by atoms with Gasteiger partial charge in [-0.1, -0.05) is 6.92 Å². The zero-order valence-corrected chi connectivity index (χ0v) is 11.8. The highest BCUT2D eigenvalue weighted by Crippen LogP contribution is 2.25. The molecule has 2 unspecified atom stereocenters. The van der Waals surface area contributed by atoms with Crippen LogP contribution in [0.1, 0.15) is 39.0 Å². The molecule has 0 bridgehead atoms. The van der Waals surface area contributed by atoms with Crippen molar-refractivity contribution in [2.45, 2.75) is 50.4 Å². The fourth-order valence-corrected chi connectivity index (χ4v) is 3.40. The van der Waals surface area contributed by atoms with Crippen molar-refractivity contribution in [3.05, 3.63) is 0 Å². The van der Waals surface area contributed by atoms with E-state index in [1.165, 1.54) is 6.26 Å². The molecule has 0 aromatic carbocycles. The molecule has 1 fully saturated rings. The predicted octanol–water partition coefficient (Wildman–Crippen LogP) is 1.36. The van der Waals surface area contributed by atoms with Crippen molar-refractivity contribution >= 4 is 9.84 Å². The summed E-state index contributed by atoms with van der Waals surface area (Å²) in [6.45, 7) is 4.68. The molecule has 0 aromatic heterocycles. The summed E-state index contributed by atoms with van der Waals surface area (Å²) in [7, 11) is -2.89. The molecular formula is C12H25NO3S. The van der Waals surface area contributed by atoms with E-state index in [1.54, 1.807) is 0 Å². The van der Waals surface area contributed by atoms with Crippen LogP contribution in [0.25, 0.3) is 0 Å². The minimum atomic E-state index is -2.89. The molecule has 1 N–H and O–H groups in total. The summed E-state index contributed by atoms with van der Waals surface area (Å²) in [5.74, 6) is 0. The minimum absolute atomic E-state index is 0.131. The van der Waals surface area contributed by atoms with E-state index in [0.717, 1.165) is 38.8 Å². The van der Waals surface area contributed by atoms with E-state index in [0.29, 0.717) is 13.0 Å². The molecular weight excluding hydrogens is 238 g/mol. The van der Waals surface area contributed by atoms with E-state index in [2.05, 4.69) is 12.2 Å². The van der Waals surface area contributed by atoms with Crippen molar-refractivity contribution in [2.24, 2.45) is 0 Å². The molecule has 0 saturated heterocycles. The van der Waals surface area contributed by atoms with Crippen LogP contribution in [0.3, 0.4) is 0 Å². The summed E-state index contributed by atoms with van der Waals surface area (Å²) in [6.07, 6.45) is 6.03. The molecule has 102 valence electrons. The summed E-state index contributed by atoms with van der Waals surface area (Å²) < 4.78 is 28.7. The van der Waals surface area contributed by atoms with Crippen molar-refractivity contribution in [1.82, 2.24) is 5.32 Å². The van der Waals surface area contributed by atoms with E-state index in [1.807, 2.05) is 0 Å². The third kappa shape index (κ3) is 5.84. The zero-order valence-electron chi connectivity index (χ0n) is 10.9. The Morgan fingerprint density at radius 3 is 2.71 bits per heavy atom. The van der Waals surface area contributed by atoms with Crippen molar-refractivity contribution < 1.29 is 13.2 Å². The number of ether oxygens (including phenoxy) is 1. The largest absolute Gasteiger partial charge is 0.377 e. The molecule has 1 rings (SSSR count). The maximum Gasteiger partial charge on any atom is 0.150 e. The molecule has 1 aliphatic rings.